The van der Waals surface area contributed by atoms with Crippen LogP contribution in [-0.2, 0) is 23.3 Å². The van der Waals surface area contributed by atoms with Crippen LogP contribution in [0, 0.1) is 6.92 Å². The summed E-state index contributed by atoms with van der Waals surface area (Å²) in [6.07, 6.45) is 1.30. The maximum absolute atomic E-state index is 13.4. The molecule has 0 saturated carbocycles. The highest BCUT2D eigenvalue weighted by Gasteiger charge is 2.52. The maximum Gasteiger partial charge on any atom is 0.329 e. The molecule has 1 aliphatic rings. The first kappa shape index (κ1) is 21.1. The molecule has 2 atom stereocenters. The van der Waals surface area contributed by atoms with Gasteiger partial charge in [0.1, 0.15) is 23.4 Å². The van der Waals surface area contributed by atoms with Crippen molar-refractivity contribution in [1.82, 2.24) is 10.2 Å². The SMILES string of the molecule is CCc1oc2ccccc2c1C[NH+](C)CN1C(=O)N[C@@](CC)(c2ccc(C)cc2)C1=O. The Hall–Kier alpha value is -3.12. The Morgan fingerprint density at radius 3 is 2.45 bits per heavy atom. The number of fused-ring (bicyclic) bond motifs is 1. The number of nitrogens with zero attached hydrogens (tertiary/aromatic N) is 1. The normalized spacial score (nSPS) is 19.8. The van der Waals surface area contributed by atoms with E-state index >= 15 is 0 Å². The highest BCUT2D eigenvalue weighted by atomic mass is 16.3. The molecule has 6 heteroatoms. The van der Waals surface area contributed by atoms with E-state index in [0.29, 0.717) is 19.6 Å². The quantitative estimate of drug-likeness (QED) is 0.577. The molecular formula is C25H30N3O3+. The van der Waals surface area contributed by atoms with Crippen molar-refractivity contribution in [2.75, 3.05) is 13.7 Å². The summed E-state index contributed by atoms with van der Waals surface area (Å²) in [7, 11) is 2.00. The van der Waals surface area contributed by atoms with Crippen LogP contribution in [0.4, 0.5) is 4.79 Å². The molecule has 1 aromatic heterocycles. The molecule has 1 fully saturated rings. The maximum atomic E-state index is 13.4. The molecule has 4 rings (SSSR count). The number of aryl methyl sites for hydroxylation is 2. The van der Waals surface area contributed by atoms with Gasteiger partial charge in [0.15, 0.2) is 6.67 Å². The Morgan fingerprint density at radius 1 is 1.06 bits per heavy atom. The molecule has 162 valence electrons. The zero-order valence-corrected chi connectivity index (χ0v) is 18.6. The summed E-state index contributed by atoms with van der Waals surface area (Å²) in [5.74, 6) is 0.774. The number of para-hydroxylation sites is 1. The van der Waals surface area contributed by atoms with E-state index in [4.69, 9.17) is 4.42 Å². The molecule has 2 heterocycles. The predicted octanol–water partition coefficient (Wildman–Crippen LogP) is 3.13. The van der Waals surface area contributed by atoms with Crippen LogP contribution in [0.3, 0.4) is 0 Å². The van der Waals surface area contributed by atoms with E-state index in [-0.39, 0.29) is 11.9 Å². The second kappa shape index (κ2) is 8.19. The summed E-state index contributed by atoms with van der Waals surface area (Å²) in [6.45, 7) is 6.97. The Morgan fingerprint density at radius 2 is 1.77 bits per heavy atom. The Labute approximate surface area is 182 Å². The minimum atomic E-state index is -0.998. The summed E-state index contributed by atoms with van der Waals surface area (Å²) in [5, 5.41) is 4.07. The lowest BCUT2D eigenvalue weighted by molar-refractivity contribution is -0.901. The molecule has 6 nitrogen and oxygen atoms in total. The number of quaternary nitrogens is 1. The monoisotopic (exact) mass is 420 g/mol. The highest BCUT2D eigenvalue weighted by molar-refractivity contribution is 6.07. The summed E-state index contributed by atoms with van der Waals surface area (Å²) in [5.41, 5.74) is 2.96. The van der Waals surface area contributed by atoms with Crippen LogP contribution in [0.25, 0.3) is 11.0 Å². The lowest BCUT2D eigenvalue weighted by Crippen LogP contribution is -3.09. The van der Waals surface area contributed by atoms with E-state index in [1.807, 2.05) is 63.4 Å². The molecule has 2 aromatic carbocycles. The van der Waals surface area contributed by atoms with Crippen molar-refractivity contribution >= 4 is 22.9 Å². The molecule has 1 unspecified atom stereocenters. The summed E-state index contributed by atoms with van der Waals surface area (Å²) >= 11 is 0. The number of carbonyl (C=O) groups excluding carboxylic acids is 2. The van der Waals surface area contributed by atoms with Gasteiger partial charge in [0.05, 0.1) is 12.6 Å². The van der Waals surface area contributed by atoms with Crippen LogP contribution in [0.15, 0.2) is 52.9 Å². The van der Waals surface area contributed by atoms with Gasteiger partial charge in [0.2, 0.25) is 0 Å². The van der Waals surface area contributed by atoms with Gasteiger partial charge in [-0.15, -0.1) is 0 Å². The third kappa shape index (κ3) is 3.61. The van der Waals surface area contributed by atoms with Crippen LogP contribution in [0.5, 0.6) is 0 Å². The van der Waals surface area contributed by atoms with Crippen LogP contribution in [0.1, 0.15) is 42.7 Å². The number of imide groups is 1. The number of hydrogen-bond acceptors (Lipinski definition) is 3. The molecule has 0 aliphatic carbocycles. The number of nitrogens with one attached hydrogen (secondary N) is 2. The van der Waals surface area contributed by atoms with E-state index in [9.17, 15) is 9.59 Å². The summed E-state index contributed by atoms with van der Waals surface area (Å²) < 4.78 is 6.01. The lowest BCUT2D eigenvalue weighted by Gasteiger charge is -2.26. The number of urea groups is 1. The largest absolute Gasteiger partial charge is 0.461 e. The minimum absolute atomic E-state index is 0.184. The van der Waals surface area contributed by atoms with Gasteiger partial charge in [-0.05, 0) is 25.0 Å². The number of rotatable bonds is 7. The van der Waals surface area contributed by atoms with Crippen LogP contribution >= 0.6 is 0 Å². The lowest BCUT2D eigenvalue weighted by atomic mass is 9.87. The van der Waals surface area contributed by atoms with Gasteiger partial charge < -0.3 is 14.6 Å². The summed E-state index contributed by atoms with van der Waals surface area (Å²) in [6, 6.07) is 15.5. The fraction of sp³-hybridized carbons (Fsp3) is 0.360. The number of hydrogen-bond donors (Lipinski definition) is 2. The zero-order valence-electron chi connectivity index (χ0n) is 18.6. The van der Waals surface area contributed by atoms with Gasteiger partial charge in [-0.25, -0.2) is 9.69 Å². The van der Waals surface area contributed by atoms with Crippen molar-refractivity contribution in [2.45, 2.75) is 45.7 Å². The van der Waals surface area contributed by atoms with Crippen molar-refractivity contribution < 1.29 is 18.9 Å². The molecule has 0 spiro atoms. The van der Waals surface area contributed by atoms with E-state index in [1.165, 1.54) is 4.90 Å². The van der Waals surface area contributed by atoms with E-state index in [2.05, 4.69) is 18.3 Å². The summed E-state index contributed by atoms with van der Waals surface area (Å²) in [4.78, 5) is 28.7. The molecule has 2 N–H and O–H groups in total. The first-order valence-electron chi connectivity index (χ1n) is 10.9. The fourth-order valence-corrected chi connectivity index (χ4v) is 4.50. The number of amides is 3. The third-order valence-electron chi connectivity index (χ3n) is 6.26. The zero-order chi connectivity index (χ0) is 22.2. The predicted molar refractivity (Wildman–Crippen MR) is 120 cm³/mol. The highest BCUT2D eigenvalue weighted by Crippen LogP contribution is 2.32. The molecular weight excluding hydrogens is 390 g/mol. The van der Waals surface area contributed by atoms with E-state index < -0.39 is 5.54 Å². The molecule has 1 saturated heterocycles. The van der Waals surface area contributed by atoms with Crippen molar-refractivity contribution in [3.63, 3.8) is 0 Å². The molecule has 0 radical (unpaired) electrons. The average Bonchev–Trinajstić information content (AvgIpc) is 3.24. The van der Waals surface area contributed by atoms with Gasteiger partial charge in [-0.1, -0.05) is 61.9 Å². The third-order valence-corrected chi connectivity index (χ3v) is 6.26. The topological polar surface area (TPSA) is 67.0 Å². The first-order chi connectivity index (χ1) is 14.9. The standard InChI is InChI=1S/C25H29N3O3/c1-5-21-20(19-9-7-8-10-22(19)31-21)15-27(4)16-28-23(29)25(6-2,26-24(28)30)18-13-11-17(3)12-14-18/h7-14H,5-6,15-16H2,1-4H3,(H,26,30)/p+1/t25-/m0/s1. The van der Waals surface area contributed by atoms with Crippen molar-refractivity contribution in [3.05, 3.63) is 71.0 Å². The van der Waals surface area contributed by atoms with Crippen LogP contribution in [0.2, 0.25) is 0 Å². The van der Waals surface area contributed by atoms with Gasteiger partial charge >= 0.3 is 6.03 Å². The number of benzene rings is 2. The molecule has 1 aliphatic heterocycles. The van der Waals surface area contributed by atoms with E-state index in [1.54, 1.807) is 0 Å². The van der Waals surface area contributed by atoms with Crippen molar-refractivity contribution in [2.24, 2.45) is 0 Å². The van der Waals surface area contributed by atoms with Gasteiger partial charge in [0.25, 0.3) is 5.91 Å². The second-order valence-electron chi connectivity index (χ2n) is 8.43. The van der Waals surface area contributed by atoms with Crippen molar-refractivity contribution in [3.8, 4) is 0 Å². The molecule has 3 aromatic rings. The fourth-order valence-electron chi connectivity index (χ4n) is 4.50. The molecule has 3 amide bonds. The molecule has 31 heavy (non-hydrogen) atoms. The van der Waals surface area contributed by atoms with Gasteiger partial charge in [-0.2, -0.15) is 0 Å². The second-order valence-corrected chi connectivity index (χ2v) is 8.43. The number of carbonyl (C=O) groups is 2. The minimum Gasteiger partial charge on any atom is -0.461 e. The number of furan rings is 1. The Bertz CT molecular complexity index is 1120. The molecule has 0 bridgehead atoms. The van der Waals surface area contributed by atoms with Crippen LogP contribution < -0.4 is 10.2 Å². The van der Waals surface area contributed by atoms with E-state index in [0.717, 1.165) is 44.7 Å². The van der Waals surface area contributed by atoms with Gasteiger partial charge in [0, 0.05) is 11.8 Å². The first-order valence-corrected chi connectivity index (χ1v) is 10.9. The smallest absolute Gasteiger partial charge is 0.329 e. The Balaban J connectivity index is 1.56. The van der Waals surface area contributed by atoms with Crippen molar-refractivity contribution in [1.29, 1.82) is 0 Å². The van der Waals surface area contributed by atoms with Crippen LogP contribution in [-0.4, -0.2) is 30.6 Å². The average molecular weight is 421 g/mol. The Kier molecular flexibility index (Phi) is 5.58. The van der Waals surface area contributed by atoms with Gasteiger partial charge in [-0.3, -0.25) is 4.79 Å².